The highest BCUT2D eigenvalue weighted by Gasteiger charge is 2.16. The Bertz CT molecular complexity index is 842. The Labute approximate surface area is 139 Å². The van der Waals surface area contributed by atoms with Crippen LogP contribution in [0.25, 0.3) is 10.9 Å². The zero-order chi connectivity index (χ0) is 16.4. The zero-order valence-corrected chi connectivity index (χ0v) is 13.5. The molecule has 1 aliphatic rings. The smallest absolute Gasteiger partial charge is 0.153 e. The Morgan fingerprint density at radius 1 is 1.21 bits per heavy atom. The van der Waals surface area contributed by atoms with Crippen molar-refractivity contribution >= 4 is 22.5 Å². The van der Waals surface area contributed by atoms with E-state index < -0.39 is 0 Å². The Morgan fingerprint density at radius 2 is 2.08 bits per heavy atom. The second-order valence-corrected chi connectivity index (χ2v) is 5.83. The first kappa shape index (κ1) is 14.9. The quantitative estimate of drug-likeness (QED) is 0.795. The van der Waals surface area contributed by atoms with E-state index in [9.17, 15) is 0 Å². The summed E-state index contributed by atoms with van der Waals surface area (Å²) in [4.78, 5) is 8.68. The third-order valence-corrected chi connectivity index (χ3v) is 4.04. The van der Waals surface area contributed by atoms with Gasteiger partial charge in [0.15, 0.2) is 5.82 Å². The standard InChI is InChI=1S/C17H19N5O2/c1-22-7-4-16(21-22)20-17-14-10-13(2-3-15(14)18-11-19-17)24-12-5-8-23-9-6-12/h2-4,7,10-12H,5-6,8-9H2,1H3,(H,18,19,20,21). The van der Waals surface area contributed by atoms with Gasteiger partial charge in [0.05, 0.1) is 18.7 Å². The third kappa shape index (κ3) is 3.16. The molecule has 0 spiro atoms. The van der Waals surface area contributed by atoms with Crippen LogP contribution in [-0.2, 0) is 11.8 Å². The molecule has 1 aromatic carbocycles. The number of benzene rings is 1. The van der Waals surface area contributed by atoms with Crippen LogP contribution in [0.3, 0.4) is 0 Å². The van der Waals surface area contributed by atoms with Crippen molar-refractivity contribution in [1.82, 2.24) is 19.7 Å². The van der Waals surface area contributed by atoms with Gasteiger partial charge in [-0.25, -0.2) is 9.97 Å². The maximum absolute atomic E-state index is 6.09. The van der Waals surface area contributed by atoms with Crippen molar-refractivity contribution in [2.75, 3.05) is 18.5 Å². The molecule has 0 amide bonds. The predicted octanol–water partition coefficient (Wildman–Crippen LogP) is 2.66. The van der Waals surface area contributed by atoms with Crippen LogP contribution in [0.1, 0.15) is 12.8 Å². The SMILES string of the molecule is Cn1ccc(Nc2ncnc3ccc(OC4CCOCC4)cc23)n1. The molecule has 4 rings (SSSR count). The van der Waals surface area contributed by atoms with Crippen molar-refractivity contribution in [2.24, 2.45) is 7.05 Å². The molecule has 0 bridgehead atoms. The number of ether oxygens (including phenoxy) is 2. The molecular formula is C17H19N5O2. The first-order valence-corrected chi connectivity index (χ1v) is 8.04. The van der Waals surface area contributed by atoms with Gasteiger partial charge in [0, 0.05) is 37.5 Å². The zero-order valence-electron chi connectivity index (χ0n) is 13.5. The van der Waals surface area contributed by atoms with Crippen LogP contribution in [0.4, 0.5) is 11.6 Å². The summed E-state index contributed by atoms with van der Waals surface area (Å²) in [6, 6.07) is 7.79. The molecule has 1 N–H and O–H groups in total. The highest BCUT2D eigenvalue weighted by Crippen LogP contribution is 2.27. The molecule has 124 valence electrons. The van der Waals surface area contributed by atoms with Crippen molar-refractivity contribution < 1.29 is 9.47 Å². The molecule has 1 aliphatic heterocycles. The molecular weight excluding hydrogens is 306 g/mol. The molecule has 7 nitrogen and oxygen atoms in total. The van der Waals surface area contributed by atoms with Gasteiger partial charge in [-0.05, 0) is 18.2 Å². The summed E-state index contributed by atoms with van der Waals surface area (Å²) in [7, 11) is 1.88. The van der Waals surface area contributed by atoms with E-state index in [1.165, 1.54) is 0 Å². The van der Waals surface area contributed by atoms with Gasteiger partial charge in [0.25, 0.3) is 0 Å². The minimum atomic E-state index is 0.202. The monoisotopic (exact) mass is 325 g/mol. The fraction of sp³-hybridized carbons (Fsp3) is 0.353. The number of hydrogen-bond donors (Lipinski definition) is 1. The summed E-state index contributed by atoms with van der Waals surface area (Å²) in [5.41, 5.74) is 0.864. The van der Waals surface area contributed by atoms with Crippen LogP contribution >= 0.6 is 0 Å². The number of aryl methyl sites for hydroxylation is 1. The number of hydrogen-bond acceptors (Lipinski definition) is 6. The second kappa shape index (κ2) is 6.45. The molecule has 1 fully saturated rings. The summed E-state index contributed by atoms with van der Waals surface area (Å²) >= 11 is 0. The minimum Gasteiger partial charge on any atom is -0.490 e. The van der Waals surface area contributed by atoms with Crippen LogP contribution in [0.2, 0.25) is 0 Å². The van der Waals surface area contributed by atoms with Gasteiger partial charge >= 0.3 is 0 Å². The lowest BCUT2D eigenvalue weighted by molar-refractivity contribution is 0.0256. The predicted molar refractivity (Wildman–Crippen MR) is 90.5 cm³/mol. The average Bonchev–Trinajstić information content (AvgIpc) is 3.01. The molecule has 1 saturated heterocycles. The van der Waals surface area contributed by atoms with E-state index in [2.05, 4.69) is 20.4 Å². The maximum atomic E-state index is 6.09. The number of nitrogens with one attached hydrogen (secondary N) is 1. The van der Waals surface area contributed by atoms with Crippen molar-refractivity contribution in [3.05, 3.63) is 36.8 Å². The lowest BCUT2D eigenvalue weighted by atomic mass is 10.1. The minimum absolute atomic E-state index is 0.202. The summed E-state index contributed by atoms with van der Waals surface area (Å²) in [5, 5.41) is 8.48. The molecule has 0 radical (unpaired) electrons. The van der Waals surface area contributed by atoms with E-state index in [4.69, 9.17) is 9.47 Å². The molecule has 0 atom stereocenters. The van der Waals surface area contributed by atoms with E-state index in [-0.39, 0.29) is 6.10 Å². The van der Waals surface area contributed by atoms with Gasteiger partial charge in [0.1, 0.15) is 24.0 Å². The van der Waals surface area contributed by atoms with Gasteiger partial charge in [-0.3, -0.25) is 4.68 Å². The topological polar surface area (TPSA) is 74.1 Å². The van der Waals surface area contributed by atoms with Crippen LogP contribution in [0.15, 0.2) is 36.8 Å². The Hall–Kier alpha value is -2.67. The van der Waals surface area contributed by atoms with Crippen LogP contribution in [0.5, 0.6) is 5.75 Å². The summed E-state index contributed by atoms with van der Waals surface area (Å²) in [6.45, 7) is 1.52. The van der Waals surface area contributed by atoms with Crippen LogP contribution < -0.4 is 10.1 Å². The average molecular weight is 325 g/mol. The highest BCUT2D eigenvalue weighted by atomic mass is 16.5. The highest BCUT2D eigenvalue weighted by molar-refractivity contribution is 5.91. The number of nitrogens with zero attached hydrogens (tertiary/aromatic N) is 4. The lowest BCUT2D eigenvalue weighted by Gasteiger charge is -2.23. The van der Waals surface area contributed by atoms with Gasteiger partial charge in [-0.15, -0.1) is 0 Å². The Morgan fingerprint density at radius 3 is 2.88 bits per heavy atom. The van der Waals surface area contributed by atoms with Crippen LogP contribution in [-0.4, -0.2) is 39.1 Å². The molecule has 7 heteroatoms. The fourth-order valence-electron chi connectivity index (χ4n) is 2.80. The first-order chi connectivity index (χ1) is 11.8. The van der Waals surface area contributed by atoms with Gasteiger partial charge in [-0.1, -0.05) is 0 Å². The van der Waals surface area contributed by atoms with Gasteiger partial charge in [0.2, 0.25) is 0 Å². The second-order valence-electron chi connectivity index (χ2n) is 5.83. The number of anilines is 2. The van der Waals surface area contributed by atoms with Crippen molar-refractivity contribution in [3.8, 4) is 5.75 Å². The molecule has 3 aromatic rings. The molecule has 0 unspecified atom stereocenters. The maximum Gasteiger partial charge on any atom is 0.153 e. The molecule has 0 saturated carbocycles. The number of fused-ring (bicyclic) bond motifs is 1. The Kier molecular flexibility index (Phi) is 4.00. The van der Waals surface area contributed by atoms with Gasteiger partial charge in [-0.2, -0.15) is 5.10 Å². The van der Waals surface area contributed by atoms with E-state index in [0.29, 0.717) is 0 Å². The molecule has 2 aromatic heterocycles. The third-order valence-electron chi connectivity index (χ3n) is 4.04. The lowest BCUT2D eigenvalue weighted by Crippen LogP contribution is -2.25. The molecule has 0 aliphatic carbocycles. The number of aromatic nitrogens is 4. The van der Waals surface area contributed by atoms with Crippen molar-refractivity contribution in [1.29, 1.82) is 0 Å². The number of rotatable bonds is 4. The Balaban J connectivity index is 1.62. The first-order valence-electron chi connectivity index (χ1n) is 8.04. The van der Waals surface area contributed by atoms with E-state index in [0.717, 1.165) is 54.3 Å². The van der Waals surface area contributed by atoms with Crippen LogP contribution in [0, 0.1) is 0 Å². The fourth-order valence-corrected chi connectivity index (χ4v) is 2.80. The normalized spacial score (nSPS) is 15.5. The van der Waals surface area contributed by atoms with E-state index >= 15 is 0 Å². The summed E-state index contributed by atoms with van der Waals surface area (Å²) in [5.74, 6) is 2.29. The molecule has 3 heterocycles. The summed E-state index contributed by atoms with van der Waals surface area (Å²) in [6.07, 6.45) is 5.47. The van der Waals surface area contributed by atoms with Gasteiger partial charge < -0.3 is 14.8 Å². The van der Waals surface area contributed by atoms with E-state index in [1.807, 2.05) is 37.5 Å². The van der Waals surface area contributed by atoms with Crippen molar-refractivity contribution in [3.63, 3.8) is 0 Å². The van der Waals surface area contributed by atoms with Crippen molar-refractivity contribution in [2.45, 2.75) is 18.9 Å². The molecule has 24 heavy (non-hydrogen) atoms. The van der Waals surface area contributed by atoms with E-state index in [1.54, 1.807) is 11.0 Å². The largest absolute Gasteiger partial charge is 0.490 e. The summed E-state index contributed by atoms with van der Waals surface area (Å²) < 4.78 is 13.2.